The summed E-state index contributed by atoms with van der Waals surface area (Å²) in [5.74, 6) is 0.0156. The molecule has 0 aliphatic rings. The number of carbonyl (C=O) groups is 1. The van der Waals surface area contributed by atoms with Crippen LogP contribution in [0.15, 0.2) is 43.0 Å². The summed E-state index contributed by atoms with van der Waals surface area (Å²) in [7, 11) is 0. The molecular weight excluding hydrogens is 266 g/mol. The van der Waals surface area contributed by atoms with E-state index in [1.54, 1.807) is 15.9 Å². The number of aromatic nitrogens is 3. The Morgan fingerprint density at radius 2 is 2.10 bits per heavy atom. The lowest BCUT2D eigenvalue weighted by atomic mass is 10.1. The summed E-state index contributed by atoms with van der Waals surface area (Å²) in [4.78, 5) is 18.2. The van der Waals surface area contributed by atoms with Crippen molar-refractivity contribution in [2.24, 2.45) is 5.73 Å². The van der Waals surface area contributed by atoms with E-state index in [4.69, 9.17) is 5.73 Å². The number of rotatable bonds is 7. The molecule has 0 spiro atoms. The predicted molar refractivity (Wildman–Crippen MR) is 80.5 cm³/mol. The molecule has 112 valence electrons. The van der Waals surface area contributed by atoms with E-state index in [0.717, 1.165) is 6.42 Å². The molecule has 1 heterocycles. The van der Waals surface area contributed by atoms with Gasteiger partial charge in [0.2, 0.25) is 5.91 Å². The molecule has 1 unspecified atom stereocenters. The zero-order valence-electron chi connectivity index (χ0n) is 12.2. The first-order valence-corrected chi connectivity index (χ1v) is 7.09. The Morgan fingerprint density at radius 1 is 1.33 bits per heavy atom. The average molecular weight is 287 g/mol. The molecule has 6 nitrogen and oxygen atoms in total. The van der Waals surface area contributed by atoms with E-state index in [2.05, 4.69) is 22.2 Å². The van der Waals surface area contributed by atoms with Gasteiger partial charge in [-0.1, -0.05) is 30.3 Å². The highest BCUT2D eigenvalue weighted by atomic mass is 16.2. The fraction of sp³-hybridized carbons (Fsp3) is 0.400. The van der Waals surface area contributed by atoms with E-state index in [9.17, 15) is 4.79 Å². The van der Waals surface area contributed by atoms with E-state index in [1.165, 1.54) is 11.9 Å². The van der Waals surface area contributed by atoms with Crippen LogP contribution < -0.4 is 5.73 Å². The first-order chi connectivity index (χ1) is 10.2. The number of hydrogen-bond acceptors (Lipinski definition) is 4. The molecule has 21 heavy (non-hydrogen) atoms. The third-order valence-corrected chi connectivity index (χ3v) is 3.41. The third kappa shape index (κ3) is 4.13. The van der Waals surface area contributed by atoms with Gasteiger partial charge >= 0.3 is 0 Å². The van der Waals surface area contributed by atoms with Crippen molar-refractivity contribution in [1.29, 1.82) is 0 Å². The number of benzene rings is 1. The Balaban J connectivity index is 1.99. The minimum atomic E-state index is -0.366. The summed E-state index contributed by atoms with van der Waals surface area (Å²) in [5.41, 5.74) is 6.84. The molecule has 0 saturated carbocycles. The molecule has 0 saturated heterocycles. The first kappa shape index (κ1) is 15.2. The van der Waals surface area contributed by atoms with Crippen molar-refractivity contribution in [2.75, 3.05) is 19.6 Å². The van der Waals surface area contributed by atoms with Gasteiger partial charge < -0.3 is 10.6 Å². The summed E-state index contributed by atoms with van der Waals surface area (Å²) < 4.78 is 1.56. The van der Waals surface area contributed by atoms with Crippen LogP contribution in [0.1, 0.15) is 18.5 Å². The SMILES string of the molecule is CC(C(=O)N(CCN)CCc1ccccc1)n1cncn1. The highest BCUT2D eigenvalue weighted by molar-refractivity contribution is 5.80. The maximum Gasteiger partial charge on any atom is 0.247 e. The summed E-state index contributed by atoms with van der Waals surface area (Å²) in [6.45, 7) is 3.47. The molecular formula is C15H21N5O. The normalized spacial score (nSPS) is 12.1. The lowest BCUT2D eigenvalue weighted by Gasteiger charge is -2.25. The molecule has 0 aliphatic heterocycles. The van der Waals surface area contributed by atoms with Crippen LogP contribution in [-0.4, -0.2) is 45.2 Å². The molecule has 0 aliphatic carbocycles. The fourth-order valence-electron chi connectivity index (χ4n) is 2.19. The fourth-order valence-corrected chi connectivity index (χ4v) is 2.19. The largest absolute Gasteiger partial charge is 0.339 e. The van der Waals surface area contributed by atoms with Gasteiger partial charge in [-0.2, -0.15) is 5.10 Å². The highest BCUT2D eigenvalue weighted by Gasteiger charge is 2.21. The van der Waals surface area contributed by atoms with Gasteiger partial charge in [0, 0.05) is 19.6 Å². The molecule has 2 rings (SSSR count). The molecule has 2 N–H and O–H groups in total. The smallest absolute Gasteiger partial charge is 0.247 e. The monoisotopic (exact) mass is 287 g/mol. The van der Waals surface area contributed by atoms with Gasteiger partial charge in [-0.05, 0) is 18.9 Å². The van der Waals surface area contributed by atoms with Gasteiger partial charge in [0.1, 0.15) is 18.7 Å². The van der Waals surface area contributed by atoms with E-state index in [0.29, 0.717) is 19.6 Å². The quantitative estimate of drug-likeness (QED) is 0.819. The minimum absolute atomic E-state index is 0.0156. The van der Waals surface area contributed by atoms with E-state index < -0.39 is 0 Å². The summed E-state index contributed by atoms with van der Waals surface area (Å²) in [6.07, 6.45) is 3.80. The topological polar surface area (TPSA) is 77.0 Å². The van der Waals surface area contributed by atoms with Crippen molar-refractivity contribution >= 4 is 5.91 Å². The van der Waals surface area contributed by atoms with Gasteiger partial charge in [0.15, 0.2) is 0 Å². The maximum atomic E-state index is 12.5. The van der Waals surface area contributed by atoms with E-state index in [-0.39, 0.29) is 11.9 Å². The summed E-state index contributed by atoms with van der Waals surface area (Å²) in [6, 6.07) is 9.75. The Hall–Kier alpha value is -2.21. The van der Waals surface area contributed by atoms with Gasteiger partial charge in [-0.15, -0.1) is 0 Å². The molecule has 0 bridgehead atoms. The number of hydrogen-bond donors (Lipinski definition) is 1. The summed E-state index contributed by atoms with van der Waals surface area (Å²) in [5, 5.41) is 4.02. The standard InChI is InChI=1S/C15H21N5O/c1-13(20-12-17-11-18-20)15(21)19(10-8-16)9-7-14-5-3-2-4-6-14/h2-6,11-13H,7-10,16H2,1H3. The van der Waals surface area contributed by atoms with Crippen LogP contribution in [-0.2, 0) is 11.2 Å². The van der Waals surface area contributed by atoms with Crippen molar-refractivity contribution in [3.8, 4) is 0 Å². The van der Waals surface area contributed by atoms with Gasteiger partial charge in [0.25, 0.3) is 0 Å². The molecule has 1 amide bonds. The lowest BCUT2D eigenvalue weighted by molar-refractivity contribution is -0.134. The molecule has 0 fully saturated rings. The molecule has 2 aromatic rings. The number of nitrogens with two attached hydrogens (primary N) is 1. The molecule has 6 heteroatoms. The first-order valence-electron chi connectivity index (χ1n) is 7.09. The van der Waals surface area contributed by atoms with Crippen LogP contribution in [0.2, 0.25) is 0 Å². The number of carbonyl (C=O) groups excluding carboxylic acids is 1. The number of nitrogens with zero attached hydrogens (tertiary/aromatic N) is 4. The molecule has 0 radical (unpaired) electrons. The summed E-state index contributed by atoms with van der Waals surface area (Å²) >= 11 is 0. The zero-order chi connectivity index (χ0) is 15.1. The second kappa shape index (κ2) is 7.54. The predicted octanol–water partition coefficient (Wildman–Crippen LogP) is 0.869. The zero-order valence-corrected chi connectivity index (χ0v) is 12.2. The van der Waals surface area contributed by atoms with Gasteiger partial charge in [-0.25, -0.2) is 9.67 Å². The lowest BCUT2D eigenvalue weighted by Crippen LogP contribution is -2.40. The van der Waals surface area contributed by atoms with Crippen molar-refractivity contribution in [2.45, 2.75) is 19.4 Å². The van der Waals surface area contributed by atoms with E-state index >= 15 is 0 Å². The third-order valence-electron chi connectivity index (χ3n) is 3.41. The molecule has 1 atom stereocenters. The van der Waals surface area contributed by atoms with Crippen molar-refractivity contribution < 1.29 is 4.79 Å². The second-order valence-corrected chi connectivity index (χ2v) is 4.90. The van der Waals surface area contributed by atoms with Crippen LogP contribution in [0.5, 0.6) is 0 Å². The van der Waals surface area contributed by atoms with E-state index in [1.807, 2.05) is 25.1 Å². The Kier molecular flexibility index (Phi) is 5.45. The Labute approximate surface area is 124 Å². The second-order valence-electron chi connectivity index (χ2n) is 4.90. The highest BCUT2D eigenvalue weighted by Crippen LogP contribution is 2.09. The van der Waals surface area contributed by atoms with Crippen molar-refractivity contribution in [1.82, 2.24) is 19.7 Å². The minimum Gasteiger partial charge on any atom is -0.339 e. The van der Waals surface area contributed by atoms with Crippen LogP contribution in [0.25, 0.3) is 0 Å². The number of amides is 1. The van der Waals surface area contributed by atoms with Gasteiger partial charge in [0.05, 0.1) is 0 Å². The average Bonchev–Trinajstić information content (AvgIpc) is 3.05. The van der Waals surface area contributed by atoms with Crippen molar-refractivity contribution in [3.05, 3.63) is 48.5 Å². The van der Waals surface area contributed by atoms with Gasteiger partial charge in [-0.3, -0.25) is 4.79 Å². The Bertz CT molecular complexity index is 540. The maximum absolute atomic E-state index is 12.5. The van der Waals surface area contributed by atoms with Crippen LogP contribution >= 0.6 is 0 Å². The van der Waals surface area contributed by atoms with Crippen molar-refractivity contribution in [3.63, 3.8) is 0 Å². The molecule has 1 aromatic carbocycles. The van der Waals surface area contributed by atoms with Crippen LogP contribution in [0.4, 0.5) is 0 Å². The van der Waals surface area contributed by atoms with Crippen LogP contribution in [0, 0.1) is 0 Å². The Morgan fingerprint density at radius 3 is 2.71 bits per heavy atom. The molecule has 1 aromatic heterocycles. The van der Waals surface area contributed by atoms with Crippen LogP contribution in [0.3, 0.4) is 0 Å².